The molecule has 0 amide bonds. The van der Waals surface area contributed by atoms with Crippen molar-refractivity contribution < 1.29 is 0 Å². The molecule has 2 rings (SSSR count). The molecule has 0 aromatic carbocycles. The van der Waals surface area contributed by atoms with Gasteiger partial charge in [-0.25, -0.2) is 0 Å². The molecule has 0 aromatic rings. The number of rotatable bonds is 1. The van der Waals surface area contributed by atoms with E-state index in [2.05, 4.69) is 16.1 Å². The van der Waals surface area contributed by atoms with Gasteiger partial charge < -0.3 is 0 Å². The highest BCUT2D eigenvalue weighted by atomic mass is 14.8. The van der Waals surface area contributed by atoms with Gasteiger partial charge in [-0.15, -0.1) is 0 Å². The summed E-state index contributed by atoms with van der Waals surface area (Å²) in [7, 11) is 0. The fourth-order valence-electron chi connectivity index (χ4n) is 1.11. The Morgan fingerprint density at radius 2 is 2.40 bits per heavy atom. The maximum absolute atomic E-state index is 4.21. The number of aliphatic imine (C=N–C) groups is 2. The van der Waals surface area contributed by atoms with E-state index in [1.54, 1.807) is 0 Å². The van der Waals surface area contributed by atoms with Gasteiger partial charge in [0.1, 0.15) is 0 Å². The first-order valence-corrected chi connectivity index (χ1v) is 3.38. The first-order chi connectivity index (χ1) is 4.97. The maximum atomic E-state index is 4.21. The van der Waals surface area contributed by atoms with Gasteiger partial charge in [0.05, 0.1) is 6.54 Å². The van der Waals surface area contributed by atoms with Crippen LogP contribution < -0.4 is 0 Å². The molecule has 2 heterocycles. The first kappa shape index (κ1) is 5.59. The van der Waals surface area contributed by atoms with E-state index in [1.165, 1.54) is 11.3 Å². The summed E-state index contributed by atoms with van der Waals surface area (Å²) in [5.74, 6) is 0. The lowest BCUT2D eigenvalue weighted by atomic mass is 10.1. The largest absolute Gasteiger partial charge is 0.288 e. The molecule has 0 saturated heterocycles. The molecule has 2 heteroatoms. The van der Waals surface area contributed by atoms with Crippen molar-refractivity contribution >= 4 is 11.9 Å². The van der Waals surface area contributed by atoms with Crippen LogP contribution in [-0.2, 0) is 0 Å². The fourth-order valence-corrected chi connectivity index (χ4v) is 1.11. The SMILES string of the molecule is C1=CN=C(C2=CC=NC2)C1. The third kappa shape index (κ3) is 0.817. The van der Waals surface area contributed by atoms with Crippen LogP contribution in [0.1, 0.15) is 6.42 Å². The summed E-state index contributed by atoms with van der Waals surface area (Å²) in [6.45, 7) is 0.820. The minimum atomic E-state index is 0.820. The van der Waals surface area contributed by atoms with Crippen molar-refractivity contribution in [3.8, 4) is 0 Å². The molecule has 0 saturated carbocycles. The van der Waals surface area contributed by atoms with Crippen LogP contribution in [0.15, 0.2) is 33.9 Å². The first-order valence-electron chi connectivity index (χ1n) is 3.38. The third-order valence-corrected chi connectivity index (χ3v) is 1.66. The summed E-state index contributed by atoms with van der Waals surface area (Å²) in [5.41, 5.74) is 2.45. The van der Waals surface area contributed by atoms with Crippen LogP contribution in [0.2, 0.25) is 0 Å². The number of hydrogen-bond donors (Lipinski definition) is 0. The molecule has 0 aromatic heterocycles. The summed E-state index contributed by atoms with van der Waals surface area (Å²) in [6.07, 6.45) is 8.78. The van der Waals surface area contributed by atoms with Gasteiger partial charge >= 0.3 is 0 Å². The van der Waals surface area contributed by atoms with Crippen molar-refractivity contribution in [1.82, 2.24) is 0 Å². The molecular formula is C8H8N2. The smallest absolute Gasteiger partial charge is 0.0658 e. The van der Waals surface area contributed by atoms with Crippen LogP contribution >= 0.6 is 0 Å². The van der Waals surface area contributed by atoms with Crippen LogP contribution in [0.3, 0.4) is 0 Å². The zero-order valence-electron chi connectivity index (χ0n) is 5.62. The topological polar surface area (TPSA) is 24.7 Å². The zero-order chi connectivity index (χ0) is 6.81. The average Bonchev–Trinajstić information content (AvgIpc) is 2.59. The normalized spacial score (nSPS) is 21.6. The molecule has 0 aliphatic carbocycles. The van der Waals surface area contributed by atoms with E-state index in [0.717, 1.165) is 13.0 Å². The molecule has 2 aliphatic heterocycles. The second-order valence-electron chi connectivity index (χ2n) is 2.35. The Kier molecular flexibility index (Phi) is 1.24. The van der Waals surface area contributed by atoms with Gasteiger partial charge in [-0.3, -0.25) is 9.98 Å². The quantitative estimate of drug-likeness (QED) is 0.514. The van der Waals surface area contributed by atoms with Crippen LogP contribution in [0.4, 0.5) is 0 Å². The van der Waals surface area contributed by atoms with Crippen LogP contribution in [0.5, 0.6) is 0 Å². The fraction of sp³-hybridized carbons (Fsp3) is 0.250. The van der Waals surface area contributed by atoms with Gasteiger partial charge in [-0.2, -0.15) is 0 Å². The van der Waals surface area contributed by atoms with Crippen LogP contribution in [0.25, 0.3) is 0 Å². The Bertz CT molecular complexity index is 228. The average molecular weight is 132 g/mol. The van der Waals surface area contributed by atoms with Crippen LogP contribution in [0, 0.1) is 0 Å². The molecular weight excluding hydrogens is 124 g/mol. The molecule has 2 aliphatic rings. The van der Waals surface area contributed by atoms with Crippen molar-refractivity contribution in [2.45, 2.75) is 6.42 Å². The highest BCUT2D eigenvalue weighted by molar-refractivity contribution is 6.06. The Hall–Kier alpha value is -1.18. The molecule has 0 bridgehead atoms. The van der Waals surface area contributed by atoms with E-state index in [9.17, 15) is 0 Å². The van der Waals surface area contributed by atoms with Crippen molar-refractivity contribution in [2.24, 2.45) is 9.98 Å². The number of allylic oxidation sites excluding steroid dienone is 2. The highest BCUT2D eigenvalue weighted by Gasteiger charge is 2.08. The van der Waals surface area contributed by atoms with E-state index in [4.69, 9.17) is 0 Å². The van der Waals surface area contributed by atoms with Gasteiger partial charge in [0.25, 0.3) is 0 Å². The number of hydrogen-bond acceptors (Lipinski definition) is 2. The van der Waals surface area contributed by atoms with Crippen molar-refractivity contribution in [3.63, 3.8) is 0 Å². The third-order valence-electron chi connectivity index (χ3n) is 1.66. The Labute approximate surface area is 59.7 Å². The minimum Gasteiger partial charge on any atom is -0.288 e. The maximum Gasteiger partial charge on any atom is 0.0658 e. The summed E-state index contributed by atoms with van der Waals surface area (Å²) >= 11 is 0. The minimum absolute atomic E-state index is 0.820. The summed E-state index contributed by atoms with van der Waals surface area (Å²) in [4.78, 5) is 8.29. The van der Waals surface area contributed by atoms with Gasteiger partial charge in [0.2, 0.25) is 0 Å². The zero-order valence-corrected chi connectivity index (χ0v) is 5.62. The molecule has 0 N–H and O–H groups in total. The summed E-state index contributed by atoms with van der Waals surface area (Å²) in [6, 6.07) is 0. The molecule has 2 nitrogen and oxygen atoms in total. The molecule has 0 spiro atoms. The second-order valence-corrected chi connectivity index (χ2v) is 2.35. The van der Waals surface area contributed by atoms with E-state index < -0.39 is 0 Å². The Balaban J connectivity index is 2.15. The second kappa shape index (κ2) is 2.21. The monoisotopic (exact) mass is 132 g/mol. The predicted molar refractivity (Wildman–Crippen MR) is 42.6 cm³/mol. The Morgan fingerprint density at radius 3 is 3.00 bits per heavy atom. The summed E-state index contributed by atoms with van der Waals surface area (Å²) in [5, 5.41) is 0. The van der Waals surface area contributed by atoms with Crippen molar-refractivity contribution in [2.75, 3.05) is 6.54 Å². The van der Waals surface area contributed by atoms with Gasteiger partial charge in [-0.05, 0) is 11.6 Å². The van der Waals surface area contributed by atoms with E-state index in [1.807, 2.05) is 18.5 Å². The predicted octanol–water partition coefficient (Wildman–Crippen LogP) is 1.36. The van der Waals surface area contributed by atoms with E-state index >= 15 is 0 Å². The lowest BCUT2D eigenvalue weighted by Crippen LogP contribution is -1.99. The molecule has 0 unspecified atom stereocenters. The summed E-state index contributed by atoms with van der Waals surface area (Å²) < 4.78 is 0. The number of nitrogens with zero attached hydrogens (tertiary/aromatic N) is 2. The van der Waals surface area contributed by atoms with Gasteiger partial charge in [0, 0.05) is 24.5 Å². The Morgan fingerprint density at radius 1 is 1.40 bits per heavy atom. The molecule has 0 radical (unpaired) electrons. The van der Waals surface area contributed by atoms with Gasteiger partial charge in [-0.1, -0.05) is 6.08 Å². The molecule has 0 atom stereocenters. The van der Waals surface area contributed by atoms with E-state index in [0.29, 0.717) is 0 Å². The molecule has 10 heavy (non-hydrogen) atoms. The standard InChI is InChI=1S/C8H8N2/c1-2-8(10-4-1)7-3-5-9-6-7/h1,3-5H,2,6H2. The van der Waals surface area contributed by atoms with Crippen LogP contribution in [-0.4, -0.2) is 18.5 Å². The van der Waals surface area contributed by atoms with Crippen molar-refractivity contribution in [1.29, 1.82) is 0 Å². The van der Waals surface area contributed by atoms with Gasteiger partial charge in [0.15, 0.2) is 0 Å². The highest BCUT2D eigenvalue weighted by Crippen LogP contribution is 2.11. The lowest BCUT2D eigenvalue weighted by molar-refractivity contribution is 1.23. The van der Waals surface area contributed by atoms with Crippen molar-refractivity contribution in [3.05, 3.63) is 23.9 Å². The molecule has 50 valence electrons. The molecule has 0 fully saturated rings. The van der Waals surface area contributed by atoms with E-state index in [-0.39, 0.29) is 0 Å². The lowest BCUT2D eigenvalue weighted by Gasteiger charge is -1.96.